The molecule has 0 bridgehead atoms. The fourth-order valence-electron chi connectivity index (χ4n) is 3.30. The fraction of sp³-hybridized carbons (Fsp3) is 0.812. The summed E-state index contributed by atoms with van der Waals surface area (Å²) in [6, 6.07) is -2.66. The number of carbonyl (C=O) groups is 3. The SMILES string of the molecule is CC(=O)NC1C(O)OC(CO)C(OC2OC(C=O)C(O)C(O)C2NC(C)=O)C1O. The quantitative estimate of drug-likeness (QED) is 0.202. The van der Waals surface area contributed by atoms with Crippen LogP contribution in [0.1, 0.15) is 13.8 Å². The highest BCUT2D eigenvalue weighted by Crippen LogP contribution is 2.28. The second-order valence-electron chi connectivity index (χ2n) is 6.88. The number of amides is 2. The van der Waals surface area contributed by atoms with E-state index in [1.165, 1.54) is 0 Å². The van der Waals surface area contributed by atoms with Gasteiger partial charge in [-0.1, -0.05) is 0 Å². The highest BCUT2D eigenvalue weighted by atomic mass is 16.7. The molecule has 0 aromatic rings. The van der Waals surface area contributed by atoms with Crippen molar-refractivity contribution in [3.63, 3.8) is 0 Å². The predicted molar refractivity (Wildman–Crippen MR) is 90.8 cm³/mol. The van der Waals surface area contributed by atoms with Gasteiger partial charge >= 0.3 is 0 Å². The summed E-state index contributed by atoms with van der Waals surface area (Å²) < 4.78 is 16.1. The van der Waals surface area contributed by atoms with E-state index in [9.17, 15) is 39.9 Å². The lowest BCUT2D eigenvalue weighted by atomic mass is 9.94. The fourth-order valence-corrected chi connectivity index (χ4v) is 3.30. The number of aldehydes is 1. The van der Waals surface area contributed by atoms with Crippen LogP contribution in [0, 0.1) is 0 Å². The topological polar surface area (TPSA) is 204 Å². The van der Waals surface area contributed by atoms with Crippen LogP contribution in [0.5, 0.6) is 0 Å². The molecule has 0 saturated carbocycles. The molecule has 2 saturated heterocycles. The number of hydrogen-bond donors (Lipinski definition) is 7. The lowest BCUT2D eigenvalue weighted by Gasteiger charge is -2.46. The van der Waals surface area contributed by atoms with Crippen molar-refractivity contribution in [2.24, 2.45) is 0 Å². The Kier molecular flexibility index (Phi) is 8.02. The first-order valence-electron chi connectivity index (χ1n) is 8.89. The predicted octanol–water partition coefficient (Wildman–Crippen LogP) is -4.90. The molecule has 7 N–H and O–H groups in total. The minimum Gasteiger partial charge on any atom is -0.394 e. The van der Waals surface area contributed by atoms with E-state index in [0.29, 0.717) is 0 Å². The lowest BCUT2D eigenvalue weighted by Crippen LogP contribution is -2.68. The molecule has 29 heavy (non-hydrogen) atoms. The molecule has 0 spiro atoms. The van der Waals surface area contributed by atoms with E-state index in [4.69, 9.17) is 14.2 Å². The van der Waals surface area contributed by atoms with E-state index >= 15 is 0 Å². The van der Waals surface area contributed by atoms with Crippen LogP contribution in [0.2, 0.25) is 0 Å². The Morgan fingerprint density at radius 3 is 2.07 bits per heavy atom. The Labute approximate surface area is 165 Å². The highest BCUT2D eigenvalue weighted by molar-refractivity contribution is 5.73. The van der Waals surface area contributed by atoms with Crippen LogP contribution in [-0.2, 0) is 28.6 Å². The standard InChI is InChI=1S/C16H26N2O11/c1-5(21)17-9-13(25)14(8(4-20)27-15(9)26)29-16-10(18-6(2)22)12(24)11(23)7(3-19)28-16/h3,7-16,20,23-26H,4H2,1-2H3,(H,17,21)(H,18,22). The van der Waals surface area contributed by atoms with Gasteiger partial charge in [0.1, 0.15) is 48.7 Å². The number of aliphatic hydroxyl groups excluding tert-OH is 5. The normalized spacial score (nSPS) is 42.7. The first-order valence-corrected chi connectivity index (χ1v) is 8.89. The molecule has 13 nitrogen and oxygen atoms in total. The molecule has 166 valence electrons. The average molecular weight is 422 g/mol. The summed E-state index contributed by atoms with van der Waals surface area (Å²) in [4.78, 5) is 34.0. The number of ether oxygens (including phenoxy) is 3. The van der Waals surface area contributed by atoms with Crippen molar-refractivity contribution in [3.05, 3.63) is 0 Å². The second-order valence-corrected chi connectivity index (χ2v) is 6.88. The van der Waals surface area contributed by atoms with Crippen LogP contribution in [0.15, 0.2) is 0 Å². The number of rotatable bonds is 6. The summed E-state index contributed by atoms with van der Waals surface area (Å²) in [6.07, 6.45) is -12.0. The number of nitrogens with one attached hydrogen (secondary N) is 2. The third-order valence-corrected chi connectivity index (χ3v) is 4.68. The van der Waals surface area contributed by atoms with Gasteiger partial charge in [0.2, 0.25) is 11.8 Å². The Bertz CT molecular complexity index is 605. The number of aliphatic hydroxyl groups is 5. The third kappa shape index (κ3) is 5.26. The second kappa shape index (κ2) is 9.86. The van der Waals surface area contributed by atoms with Crippen LogP contribution >= 0.6 is 0 Å². The molecule has 0 aromatic carbocycles. The zero-order valence-electron chi connectivity index (χ0n) is 15.7. The van der Waals surface area contributed by atoms with Gasteiger partial charge in [0, 0.05) is 13.8 Å². The van der Waals surface area contributed by atoms with E-state index < -0.39 is 79.7 Å². The maximum absolute atomic E-state index is 11.5. The summed E-state index contributed by atoms with van der Waals surface area (Å²) in [5.74, 6) is -1.18. The van der Waals surface area contributed by atoms with Crippen LogP contribution in [0.3, 0.4) is 0 Å². The van der Waals surface area contributed by atoms with E-state index in [1.807, 2.05) is 0 Å². The molecule has 13 heteroatoms. The van der Waals surface area contributed by atoms with Crippen LogP contribution in [0.25, 0.3) is 0 Å². The monoisotopic (exact) mass is 422 g/mol. The van der Waals surface area contributed by atoms with Crippen molar-refractivity contribution in [1.82, 2.24) is 10.6 Å². The smallest absolute Gasteiger partial charge is 0.217 e. The zero-order chi connectivity index (χ0) is 21.9. The van der Waals surface area contributed by atoms with Crippen molar-refractivity contribution < 1.29 is 54.1 Å². The van der Waals surface area contributed by atoms with Crippen molar-refractivity contribution in [2.75, 3.05) is 6.61 Å². The largest absolute Gasteiger partial charge is 0.394 e. The molecule has 10 unspecified atom stereocenters. The number of carbonyl (C=O) groups excluding carboxylic acids is 3. The minimum atomic E-state index is -1.65. The molecule has 2 amide bonds. The van der Waals surface area contributed by atoms with E-state index in [2.05, 4.69) is 10.6 Å². The molecule has 2 heterocycles. The molecular weight excluding hydrogens is 396 g/mol. The van der Waals surface area contributed by atoms with E-state index in [1.54, 1.807) is 0 Å². The van der Waals surface area contributed by atoms with Crippen molar-refractivity contribution in [1.29, 1.82) is 0 Å². The molecule has 2 fully saturated rings. The molecule has 0 aromatic heterocycles. The summed E-state index contributed by atoms with van der Waals surface area (Å²) in [5, 5.41) is 54.9. The van der Waals surface area contributed by atoms with Gasteiger partial charge in [0.05, 0.1) is 6.61 Å². The maximum Gasteiger partial charge on any atom is 0.217 e. The van der Waals surface area contributed by atoms with Crippen LogP contribution in [0.4, 0.5) is 0 Å². The van der Waals surface area contributed by atoms with Gasteiger partial charge in [-0.2, -0.15) is 0 Å². The van der Waals surface area contributed by atoms with Crippen molar-refractivity contribution in [2.45, 2.75) is 75.1 Å². The summed E-state index contributed by atoms with van der Waals surface area (Å²) in [5.41, 5.74) is 0. The lowest BCUT2D eigenvalue weighted by molar-refractivity contribution is -0.321. The molecule has 2 rings (SSSR count). The first kappa shape index (κ1) is 23.6. The molecule has 2 aliphatic heterocycles. The molecule has 10 atom stereocenters. The number of hydrogen-bond acceptors (Lipinski definition) is 11. The third-order valence-electron chi connectivity index (χ3n) is 4.68. The molecular formula is C16H26N2O11. The van der Waals surface area contributed by atoms with Gasteiger partial charge in [-0.15, -0.1) is 0 Å². The highest BCUT2D eigenvalue weighted by Gasteiger charge is 2.51. The maximum atomic E-state index is 11.5. The van der Waals surface area contributed by atoms with Gasteiger partial charge in [-0.05, 0) is 0 Å². The average Bonchev–Trinajstić information content (AvgIpc) is 2.65. The zero-order valence-corrected chi connectivity index (χ0v) is 15.7. The van der Waals surface area contributed by atoms with Crippen molar-refractivity contribution in [3.8, 4) is 0 Å². The summed E-state index contributed by atoms with van der Waals surface area (Å²) in [6.45, 7) is 1.59. The van der Waals surface area contributed by atoms with Crippen molar-refractivity contribution >= 4 is 18.1 Å². The van der Waals surface area contributed by atoms with Gasteiger partial charge in [0.15, 0.2) is 18.9 Å². The Balaban J connectivity index is 2.27. The summed E-state index contributed by atoms with van der Waals surface area (Å²) in [7, 11) is 0. The Hall–Kier alpha value is -1.71. The van der Waals surface area contributed by atoms with Gasteiger partial charge in [-0.25, -0.2) is 0 Å². The molecule has 2 aliphatic rings. The van der Waals surface area contributed by atoms with Crippen LogP contribution < -0.4 is 10.6 Å². The van der Waals surface area contributed by atoms with Gasteiger partial charge in [0.25, 0.3) is 0 Å². The molecule has 0 aliphatic carbocycles. The Morgan fingerprint density at radius 1 is 0.966 bits per heavy atom. The first-order chi connectivity index (χ1) is 13.6. The summed E-state index contributed by atoms with van der Waals surface area (Å²) >= 11 is 0. The van der Waals surface area contributed by atoms with Gasteiger partial charge < -0.3 is 55.2 Å². The van der Waals surface area contributed by atoms with Crippen LogP contribution in [-0.4, -0.2) is 112 Å². The van der Waals surface area contributed by atoms with Gasteiger partial charge in [-0.3, -0.25) is 9.59 Å². The van der Waals surface area contributed by atoms with E-state index in [0.717, 1.165) is 13.8 Å². The van der Waals surface area contributed by atoms with E-state index in [-0.39, 0.29) is 6.29 Å². The minimum absolute atomic E-state index is 0.232. The molecule has 0 radical (unpaired) electrons. The Morgan fingerprint density at radius 2 is 1.55 bits per heavy atom.